The SMILES string of the molecule is N#Cc1ccc(F)c(O)c1O. The molecule has 56 valence electrons. The standard InChI is InChI=1S/C7H4FNO2/c8-5-2-1-4(3-9)6(10)7(5)11/h1-2,10-11H. The van der Waals surface area contributed by atoms with E-state index in [0.717, 1.165) is 12.1 Å². The van der Waals surface area contributed by atoms with Gasteiger partial charge < -0.3 is 10.2 Å². The van der Waals surface area contributed by atoms with Crippen LogP contribution in [0.3, 0.4) is 0 Å². The molecule has 0 spiro atoms. The van der Waals surface area contributed by atoms with Gasteiger partial charge in [0.25, 0.3) is 0 Å². The van der Waals surface area contributed by atoms with Crippen molar-refractivity contribution in [3.63, 3.8) is 0 Å². The highest BCUT2D eigenvalue weighted by Crippen LogP contribution is 2.30. The number of phenols is 2. The lowest BCUT2D eigenvalue weighted by molar-refractivity contribution is 0.378. The van der Waals surface area contributed by atoms with E-state index in [0.29, 0.717) is 0 Å². The monoisotopic (exact) mass is 153 g/mol. The summed E-state index contributed by atoms with van der Waals surface area (Å²) in [4.78, 5) is 0. The Hall–Kier alpha value is -1.76. The molecule has 1 aromatic rings. The van der Waals surface area contributed by atoms with Crippen molar-refractivity contribution in [2.24, 2.45) is 0 Å². The zero-order valence-corrected chi connectivity index (χ0v) is 5.37. The number of nitrogens with zero attached hydrogens (tertiary/aromatic N) is 1. The van der Waals surface area contributed by atoms with Crippen molar-refractivity contribution in [1.29, 1.82) is 5.26 Å². The zero-order valence-electron chi connectivity index (χ0n) is 5.37. The Morgan fingerprint density at radius 3 is 2.45 bits per heavy atom. The van der Waals surface area contributed by atoms with Crippen molar-refractivity contribution in [3.8, 4) is 17.6 Å². The van der Waals surface area contributed by atoms with Crippen LogP contribution in [0.15, 0.2) is 12.1 Å². The Kier molecular flexibility index (Phi) is 1.65. The zero-order chi connectivity index (χ0) is 8.43. The van der Waals surface area contributed by atoms with Crippen LogP contribution in [-0.4, -0.2) is 10.2 Å². The van der Waals surface area contributed by atoms with Gasteiger partial charge in [-0.3, -0.25) is 0 Å². The molecule has 0 fully saturated rings. The molecule has 0 aromatic heterocycles. The summed E-state index contributed by atoms with van der Waals surface area (Å²) >= 11 is 0. The van der Waals surface area contributed by atoms with Crippen molar-refractivity contribution in [1.82, 2.24) is 0 Å². The summed E-state index contributed by atoms with van der Waals surface area (Å²) in [6, 6.07) is 3.58. The summed E-state index contributed by atoms with van der Waals surface area (Å²) in [6.07, 6.45) is 0. The molecule has 11 heavy (non-hydrogen) atoms. The van der Waals surface area contributed by atoms with E-state index in [9.17, 15) is 4.39 Å². The quantitative estimate of drug-likeness (QED) is 0.548. The van der Waals surface area contributed by atoms with Crippen LogP contribution in [0.2, 0.25) is 0 Å². The van der Waals surface area contributed by atoms with Gasteiger partial charge in [0.15, 0.2) is 17.3 Å². The highest BCUT2D eigenvalue weighted by atomic mass is 19.1. The van der Waals surface area contributed by atoms with Crippen LogP contribution >= 0.6 is 0 Å². The molecule has 0 unspecified atom stereocenters. The average Bonchev–Trinajstić information content (AvgIpc) is 2.01. The van der Waals surface area contributed by atoms with Crippen molar-refractivity contribution >= 4 is 0 Å². The first-order valence-corrected chi connectivity index (χ1v) is 2.77. The maximum atomic E-state index is 12.4. The van der Waals surface area contributed by atoms with E-state index in [-0.39, 0.29) is 5.56 Å². The van der Waals surface area contributed by atoms with Gasteiger partial charge in [0, 0.05) is 0 Å². The predicted molar refractivity (Wildman–Crippen MR) is 34.4 cm³/mol. The molecule has 2 N–H and O–H groups in total. The second kappa shape index (κ2) is 2.46. The molecule has 0 saturated carbocycles. The average molecular weight is 153 g/mol. The summed E-state index contributed by atoms with van der Waals surface area (Å²) in [5.74, 6) is -2.54. The molecule has 3 nitrogen and oxygen atoms in total. The number of benzene rings is 1. The number of rotatable bonds is 0. The third kappa shape index (κ3) is 1.08. The Bertz CT molecular complexity index is 330. The Morgan fingerprint density at radius 2 is 1.91 bits per heavy atom. The van der Waals surface area contributed by atoms with Gasteiger partial charge in [-0.15, -0.1) is 0 Å². The molecule has 0 heterocycles. The van der Waals surface area contributed by atoms with Crippen LogP contribution < -0.4 is 0 Å². The normalized spacial score (nSPS) is 9.09. The van der Waals surface area contributed by atoms with Gasteiger partial charge in [-0.25, -0.2) is 4.39 Å². The molecule has 0 atom stereocenters. The lowest BCUT2D eigenvalue weighted by atomic mass is 10.2. The molecular weight excluding hydrogens is 149 g/mol. The van der Waals surface area contributed by atoms with E-state index < -0.39 is 17.3 Å². The van der Waals surface area contributed by atoms with Crippen molar-refractivity contribution < 1.29 is 14.6 Å². The molecule has 0 amide bonds. The number of hydrogen-bond acceptors (Lipinski definition) is 3. The number of nitriles is 1. The van der Waals surface area contributed by atoms with Gasteiger partial charge in [0.1, 0.15) is 6.07 Å². The van der Waals surface area contributed by atoms with Gasteiger partial charge in [-0.2, -0.15) is 5.26 Å². The highest BCUT2D eigenvalue weighted by molar-refractivity contribution is 5.51. The van der Waals surface area contributed by atoms with Crippen LogP contribution in [0.25, 0.3) is 0 Å². The van der Waals surface area contributed by atoms with Crippen LogP contribution in [0.1, 0.15) is 5.56 Å². The number of halogens is 1. The first-order valence-electron chi connectivity index (χ1n) is 2.77. The van der Waals surface area contributed by atoms with Gasteiger partial charge in [-0.1, -0.05) is 0 Å². The second-order valence-electron chi connectivity index (χ2n) is 1.90. The Labute approximate surface area is 61.9 Å². The van der Waals surface area contributed by atoms with Gasteiger partial charge in [0.2, 0.25) is 0 Å². The number of phenolic OH excluding ortho intramolecular Hbond substituents is 2. The third-order valence-electron chi connectivity index (χ3n) is 1.22. The first-order chi connectivity index (χ1) is 5.16. The summed E-state index contributed by atoms with van der Waals surface area (Å²) in [5.41, 5.74) is -0.149. The van der Waals surface area contributed by atoms with Crippen molar-refractivity contribution in [3.05, 3.63) is 23.5 Å². The number of hydrogen-bond donors (Lipinski definition) is 2. The molecule has 1 rings (SSSR count). The van der Waals surface area contributed by atoms with E-state index in [2.05, 4.69) is 0 Å². The van der Waals surface area contributed by atoms with Crippen LogP contribution in [0.4, 0.5) is 4.39 Å². The van der Waals surface area contributed by atoms with Crippen LogP contribution in [0, 0.1) is 17.1 Å². The fraction of sp³-hybridized carbons (Fsp3) is 0. The lowest BCUT2D eigenvalue weighted by Crippen LogP contribution is -1.81. The molecular formula is C7H4FNO2. The summed E-state index contributed by atoms with van der Waals surface area (Å²) in [6.45, 7) is 0. The minimum atomic E-state index is -0.943. The molecule has 0 radical (unpaired) electrons. The highest BCUT2D eigenvalue weighted by Gasteiger charge is 2.09. The molecule has 1 aromatic carbocycles. The molecule has 0 aliphatic carbocycles. The minimum absolute atomic E-state index is 0.149. The molecule has 4 heteroatoms. The van der Waals surface area contributed by atoms with E-state index in [1.807, 2.05) is 0 Å². The summed E-state index contributed by atoms with van der Waals surface area (Å²) in [5, 5.41) is 25.9. The van der Waals surface area contributed by atoms with Crippen LogP contribution in [-0.2, 0) is 0 Å². The third-order valence-corrected chi connectivity index (χ3v) is 1.22. The Morgan fingerprint density at radius 1 is 1.27 bits per heavy atom. The summed E-state index contributed by atoms with van der Waals surface area (Å²) < 4.78 is 12.4. The molecule has 0 aliphatic rings. The van der Waals surface area contributed by atoms with E-state index in [4.69, 9.17) is 15.5 Å². The largest absolute Gasteiger partial charge is 0.503 e. The second-order valence-corrected chi connectivity index (χ2v) is 1.90. The van der Waals surface area contributed by atoms with E-state index in [1.54, 1.807) is 6.07 Å². The first kappa shape index (κ1) is 7.35. The van der Waals surface area contributed by atoms with E-state index >= 15 is 0 Å². The summed E-state index contributed by atoms with van der Waals surface area (Å²) in [7, 11) is 0. The van der Waals surface area contributed by atoms with Crippen molar-refractivity contribution in [2.75, 3.05) is 0 Å². The molecule has 0 aliphatic heterocycles. The topological polar surface area (TPSA) is 64.2 Å². The minimum Gasteiger partial charge on any atom is -0.503 e. The molecule has 0 bridgehead atoms. The van der Waals surface area contributed by atoms with Crippen LogP contribution in [0.5, 0.6) is 11.5 Å². The van der Waals surface area contributed by atoms with Gasteiger partial charge >= 0.3 is 0 Å². The Balaban J connectivity index is 3.40. The smallest absolute Gasteiger partial charge is 0.195 e. The molecule has 0 saturated heterocycles. The predicted octanol–water partition coefficient (Wildman–Crippen LogP) is 1.11. The maximum Gasteiger partial charge on any atom is 0.195 e. The number of aromatic hydroxyl groups is 2. The lowest BCUT2D eigenvalue weighted by Gasteiger charge is -1.98. The fourth-order valence-electron chi connectivity index (χ4n) is 0.645. The maximum absolute atomic E-state index is 12.4. The van der Waals surface area contributed by atoms with Gasteiger partial charge in [0.05, 0.1) is 5.56 Å². The fourth-order valence-corrected chi connectivity index (χ4v) is 0.645. The van der Waals surface area contributed by atoms with Crippen molar-refractivity contribution in [2.45, 2.75) is 0 Å². The van der Waals surface area contributed by atoms with E-state index in [1.165, 1.54) is 0 Å². The van der Waals surface area contributed by atoms with Gasteiger partial charge in [-0.05, 0) is 12.1 Å².